The van der Waals surface area contributed by atoms with Crippen LogP contribution in [0.1, 0.15) is 24.0 Å². The molecule has 0 aliphatic carbocycles. The monoisotopic (exact) mass is 258 g/mol. The van der Waals surface area contributed by atoms with Gasteiger partial charge in [0.25, 0.3) is 0 Å². The predicted octanol–water partition coefficient (Wildman–Crippen LogP) is 2.05. The van der Waals surface area contributed by atoms with Crippen LogP contribution in [0.3, 0.4) is 0 Å². The second-order valence-electron chi connectivity index (χ2n) is 6.21. The molecule has 1 amide bonds. The van der Waals surface area contributed by atoms with Gasteiger partial charge in [-0.25, -0.2) is 0 Å². The Morgan fingerprint density at radius 3 is 2.58 bits per heavy atom. The highest BCUT2D eigenvalue weighted by atomic mass is 16.2. The molecule has 0 radical (unpaired) electrons. The van der Waals surface area contributed by atoms with E-state index in [1.807, 2.05) is 11.9 Å². The van der Waals surface area contributed by atoms with E-state index in [0.29, 0.717) is 5.91 Å². The molecule has 2 heterocycles. The van der Waals surface area contributed by atoms with Gasteiger partial charge < -0.3 is 4.90 Å². The lowest BCUT2D eigenvalue weighted by Crippen LogP contribution is -2.63. The molecule has 3 heteroatoms. The van der Waals surface area contributed by atoms with Crippen LogP contribution in [0.2, 0.25) is 0 Å². The molecule has 1 aromatic carbocycles. The summed E-state index contributed by atoms with van der Waals surface area (Å²) in [6, 6.07) is 8.71. The molecule has 0 unspecified atom stereocenters. The van der Waals surface area contributed by atoms with E-state index in [2.05, 4.69) is 36.1 Å². The fourth-order valence-electron chi connectivity index (χ4n) is 3.49. The first-order valence-corrected chi connectivity index (χ1v) is 7.13. The maximum Gasteiger partial charge on any atom is 0.230 e. The number of hydrogen-bond acceptors (Lipinski definition) is 2. The number of β-lactam (4-membered cyclic amide) rings is 1. The second kappa shape index (κ2) is 4.64. The van der Waals surface area contributed by atoms with Crippen LogP contribution in [0.25, 0.3) is 0 Å². The molecule has 19 heavy (non-hydrogen) atoms. The van der Waals surface area contributed by atoms with Crippen molar-refractivity contribution >= 4 is 5.91 Å². The molecule has 1 spiro atoms. The zero-order chi connectivity index (χ0) is 13.5. The summed E-state index contributed by atoms with van der Waals surface area (Å²) in [6.07, 6.45) is 2.06. The highest BCUT2D eigenvalue weighted by Crippen LogP contribution is 2.40. The number of piperidine rings is 1. The van der Waals surface area contributed by atoms with Crippen molar-refractivity contribution in [3.8, 4) is 0 Å². The number of amides is 1. The zero-order valence-corrected chi connectivity index (χ0v) is 11.9. The standard InChI is InChI=1S/C16H22N2O/c1-13-4-3-5-14(10-13)11-18-8-6-16(7-9-18)12-17(2)15(16)19/h3-5,10H,6-9,11-12H2,1-2H3. The first kappa shape index (κ1) is 12.7. The maximum absolute atomic E-state index is 12.0. The van der Waals surface area contributed by atoms with E-state index in [9.17, 15) is 4.79 Å². The Morgan fingerprint density at radius 2 is 2.00 bits per heavy atom. The molecule has 0 atom stereocenters. The van der Waals surface area contributed by atoms with E-state index in [4.69, 9.17) is 0 Å². The molecular formula is C16H22N2O. The largest absolute Gasteiger partial charge is 0.344 e. The zero-order valence-electron chi connectivity index (χ0n) is 11.9. The minimum Gasteiger partial charge on any atom is -0.344 e. The first-order chi connectivity index (χ1) is 9.09. The number of nitrogens with zero attached hydrogens (tertiary/aromatic N) is 2. The van der Waals surface area contributed by atoms with Crippen LogP contribution in [0, 0.1) is 12.3 Å². The Kier molecular flexibility index (Phi) is 3.09. The molecule has 3 nitrogen and oxygen atoms in total. The predicted molar refractivity (Wildman–Crippen MR) is 75.8 cm³/mol. The van der Waals surface area contributed by atoms with Crippen LogP contribution < -0.4 is 0 Å². The van der Waals surface area contributed by atoms with Gasteiger partial charge in [-0.3, -0.25) is 9.69 Å². The summed E-state index contributed by atoms with van der Waals surface area (Å²) in [5, 5.41) is 0. The summed E-state index contributed by atoms with van der Waals surface area (Å²) in [5.74, 6) is 0.364. The van der Waals surface area contributed by atoms with Crippen LogP contribution >= 0.6 is 0 Å². The Bertz CT molecular complexity index is 489. The minimum atomic E-state index is -0.00213. The number of benzene rings is 1. The molecule has 2 fully saturated rings. The smallest absolute Gasteiger partial charge is 0.230 e. The molecule has 2 saturated heterocycles. The van der Waals surface area contributed by atoms with Crippen molar-refractivity contribution in [3.05, 3.63) is 35.4 Å². The van der Waals surface area contributed by atoms with Crippen LogP contribution in [0.15, 0.2) is 24.3 Å². The molecule has 3 rings (SSSR count). The fourth-order valence-corrected chi connectivity index (χ4v) is 3.49. The lowest BCUT2D eigenvalue weighted by Gasteiger charge is -2.51. The minimum absolute atomic E-state index is 0.00213. The highest BCUT2D eigenvalue weighted by Gasteiger charge is 2.51. The second-order valence-corrected chi connectivity index (χ2v) is 6.21. The molecule has 1 aromatic rings. The normalized spacial score (nSPS) is 22.6. The third kappa shape index (κ3) is 2.27. The van der Waals surface area contributed by atoms with Gasteiger partial charge in [0, 0.05) is 20.1 Å². The van der Waals surface area contributed by atoms with Crippen LogP contribution in [-0.4, -0.2) is 42.4 Å². The number of aryl methyl sites for hydroxylation is 1. The molecular weight excluding hydrogens is 236 g/mol. The lowest BCUT2D eigenvalue weighted by molar-refractivity contribution is -0.162. The third-order valence-corrected chi connectivity index (χ3v) is 4.64. The van der Waals surface area contributed by atoms with Gasteiger partial charge in [-0.2, -0.15) is 0 Å². The van der Waals surface area contributed by atoms with E-state index in [1.54, 1.807) is 0 Å². The number of likely N-dealkylation sites (tertiary alicyclic amines) is 2. The average molecular weight is 258 g/mol. The van der Waals surface area contributed by atoms with Gasteiger partial charge in [-0.1, -0.05) is 29.8 Å². The average Bonchev–Trinajstić information content (AvgIpc) is 2.41. The Labute approximate surface area is 115 Å². The van der Waals surface area contributed by atoms with Crippen molar-refractivity contribution in [2.75, 3.05) is 26.7 Å². The van der Waals surface area contributed by atoms with Crippen molar-refractivity contribution < 1.29 is 4.79 Å². The van der Waals surface area contributed by atoms with E-state index in [1.165, 1.54) is 11.1 Å². The van der Waals surface area contributed by atoms with Gasteiger partial charge in [0.15, 0.2) is 0 Å². The summed E-state index contributed by atoms with van der Waals surface area (Å²) in [4.78, 5) is 16.3. The number of rotatable bonds is 2. The summed E-state index contributed by atoms with van der Waals surface area (Å²) >= 11 is 0. The quantitative estimate of drug-likeness (QED) is 0.758. The van der Waals surface area contributed by atoms with Gasteiger partial charge in [-0.05, 0) is 38.4 Å². The fraction of sp³-hybridized carbons (Fsp3) is 0.562. The van der Waals surface area contributed by atoms with Gasteiger partial charge in [0.1, 0.15) is 0 Å². The number of hydrogen-bond donors (Lipinski definition) is 0. The summed E-state index contributed by atoms with van der Waals surface area (Å²) in [7, 11) is 1.91. The van der Waals surface area contributed by atoms with Gasteiger partial charge in [-0.15, -0.1) is 0 Å². The van der Waals surface area contributed by atoms with E-state index < -0.39 is 0 Å². The van der Waals surface area contributed by atoms with E-state index in [0.717, 1.165) is 39.0 Å². The lowest BCUT2D eigenvalue weighted by atomic mass is 9.71. The van der Waals surface area contributed by atoms with Crippen LogP contribution in [0.4, 0.5) is 0 Å². The summed E-state index contributed by atoms with van der Waals surface area (Å²) < 4.78 is 0. The molecule has 0 saturated carbocycles. The Hall–Kier alpha value is -1.35. The van der Waals surface area contributed by atoms with Gasteiger partial charge in [0.05, 0.1) is 5.41 Å². The molecule has 2 aliphatic rings. The Morgan fingerprint density at radius 1 is 1.26 bits per heavy atom. The van der Waals surface area contributed by atoms with Crippen molar-refractivity contribution in [2.45, 2.75) is 26.3 Å². The Balaban J connectivity index is 1.58. The van der Waals surface area contributed by atoms with Crippen molar-refractivity contribution in [1.82, 2.24) is 9.80 Å². The molecule has 0 N–H and O–H groups in total. The first-order valence-electron chi connectivity index (χ1n) is 7.13. The number of carbonyl (C=O) groups excluding carboxylic acids is 1. The molecule has 0 aromatic heterocycles. The highest BCUT2D eigenvalue weighted by molar-refractivity contribution is 5.88. The van der Waals surface area contributed by atoms with E-state index in [-0.39, 0.29) is 5.41 Å². The van der Waals surface area contributed by atoms with Crippen molar-refractivity contribution in [2.24, 2.45) is 5.41 Å². The van der Waals surface area contributed by atoms with Crippen molar-refractivity contribution in [3.63, 3.8) is 0 Å². The van der Waals surface area contributed by atoms with Gasteiger partial charge in [0.2, 0.25) is 5.91 Å². The topological polar surface area (TPSA) is 23.6 Å². The van der Waals surface area contributed by atoms with E-state index >= 15 is 0 Å². The van der Waals surface area contributed by atoms with Crippen molar-refractivity contribution in [1.29, 1.82) is 0 Å². The number of carbonyl (C=O) groups is 1. The molecule has 102 valence electrons. The molecule has 0 bridgehead atoms. The SMILES string of the molecule is Cc1cccc(CN2CCC3(CC2)CN(C)C3=O)c1. The maximum atomic E-state index is 12.0. The third-order valence-electron chi connectivity index (χ3n) is 4.64. The van der Waals surface area contributed by atoms with Crippen LogP contribution in [0.5, 0.6) is 0 Å². The summed E-state index contributed by atoms with van der Waals surface area (Å²) in [5.41, 5.74) is 2.70. The summed E-state index contributed by atoms with van der Waals surface area (Å²) in [6.45, 7) is 6.21. The van der Waals surface area contributed by atoms with Gasteiger partial charge >= 0.3 is 0 Å². The van der Waals surface area contributed by atoms with Crippen LogP contribution in [-0.2, 0) is 11.3 Å². The molecule has 2 aliphatic heterocycles.